The van der Waals surface area contributed by atoms with Crippen molar-refractivity contribution in [3.8, 4) is 5.75 Å². The highest BCUT2D eigenvalue weighted by molar-refractivity contribution is 9.10. The maximum Gasteiger partial charge on any atom is 0.267 e. The van der Waals surface area contributed by atoms with Crippen molar-refractivity contribution in [2.45, 2.75) is 26.4 Å². The number of carbonyl (C=O) groups excluding carboxylic acids is 1. The summed E-state index contributed by atoms with van der Waals surface area (Å²) in [6.07, 6.45) is 0. The second kappa shape index (κ2) is 6.40. The summed E-state index contributed by atoms with van der Waals surface area (Å²) in [5.41, 5.74) is 7.02. The molecular formula is C17H19BrN2O2. The van der Waals surface area contributed by atoms with Gasteiger partial charge >= 0.3 is 0 Å². The third-order valence-corrected chi connectivity index (χ3v) is 3.76. The molecule has 22 heavy (non-hydrogen) atoms. The zero-order valence-corrected chi connectivity index (χ0v) is 14.4. The van der Waals surface area contributed by atoms with Crippen molar-refractivity contribution in [1.29, 1.82) is 0 Å². The van der Waals surface area contributed by atoms with Gasteiger partial charge < -0.3 is 15.8 Å². The fraction of sp³-hybridized carbons (Fsp3) is 0.235. The van der Waals surface area contributed by atoms with E-state index in [4.69, 9.17) is 10.5 Å². The number of nitrogens with one attached hydrogen (secondary N) is 1. The minimum absolute atomic E-state index is 0.219. The molecule has 0 atom stereocenters. The van der Waals surface area contributed by atoms with Gasteiger partial charge in [0.1, 0.15) is 5.75 Å². The second-order valence-electron chi connectivity index (χ2n) is 5.59. The molecule has 0 aliphatic heterocycles. The molecule has 0 aromatic heterocycles. The number of halogens is 1. The van der Waals surface area contributed by atoms with Crippen LogP contribution in [0.4, 0.5) is 11.4 Å². The quantitative estimate of drug-likeness (QED) is 0.803. The summed E-state index contributed by atoms with van der Waals surface area (Å²) in [5.74, 6) is 0.417. The van der Waals surface area contributed by atoms with Gasteiger partial charge in [-0.15, -0.1) is 0 Å². The van der Waals surface area contributed by atoms with Crippen LogP contribution in [-0.4, -0.2) is 11.5 Å². The lowest BCUT2D eigenvalue weighted by atomic mass is 10.1. The van der Waals surface area contributed by atoms with E-state index < -0.39 is 5.60 Å². The van der Waals surface area contributed by atoms with Gasteiger partial charge in [0.25, 0.3) is 5.91 Å². The van der Waals surface area contributed by atoms with Crippen LogP contribution >= 0.6 is 15.9 Å². The third kappa shape index (κ3) is 4.01. The summed E-state index contributed by atoms with van der Waals surface area (Å²) < 4.78 is 6.75. The number of hydrogen-bond donors (Lipinski definition) is 2. The lowest BCUT2D eigenvalue weighted by Gasteiger charge is -2.25. The molecule has 0 radical (unpaired) electrons. The Morgan fingerprint density at radius 1 is 1.18 bits per heavy atom. The Balaban J connectivity index is 2.11. The van der Waals surface area contributed by atoms with E-state index in [9.17, 15) is 4.79 Å². The monoisotopic (exact) mass is 362 g/mol. The maximum atomic E-state index is 12.5. The number of nitrogens with two attached hydrogens (primary N) is 1. The molecule has 116 valence electrons. The molecule has 2 aromatic carbocycles. The van der Waals surface area contributed by atoms with Gasteiger partial charge in [-0.1, -0.05) is 15.9 Å². The van der Waals surface area contributed by atoms with Crippen LogP contribution < -0.4 is 15.8 Å². The molecular weight excluding hydrogens is 344 g/mol. The Kier molecular flexibility index (Phi) is 4.76. The van der Waals surface area contributed by atoms with Gasteiger partial charge in [-0.3, -0.25) is 4.79 Å². The van der Waals surface area contributed by atoms with E-state index in [0.29, 0.717) is 11.4 Å². The lowest BCUT2D eigenvalue weighted by molar-refractivity contribution is -0.128. The second-order valence-corrected chi connectivity index (χ2v) is 6.51. The van der Waals surface area contributed by atoms with E-state index in [0.717, 1.165) is 15.7 Å². The van der Waals surface area contributed by atoms with Gasteiger partial charge in [0.15, 0.2) is 5.60 Å². The van der Waals surface area contributed by atoms with Gasteiger partial charge in [-0.25, -0.2) is 0 Å². The van der Waals surface area contributed by atoms with E-state index in [1.165, 1.54) is 0 Å². The summed E-state index contributed by atoms with van der Waals surface area (Å²) in [7, 11) is 0. The highest BCUT2D eigenvalue weighted by Gasteiger charge is 2.30. The van der Waals surface area contributed by atoms with E-state index in [1.54, 1.807) is 26.0 Å². The first-order valence-electron chi connectivity index (χ1n) is 6.90. The topological polar surface area (TPSA) is 64.3 Å². The normalized spacial score (nSPS) is 11.1. The number of hydrogen-bond acceptors (Lipinski definition) is 3. The molecule has 0 aliphatic carbocycles. The van der Waals surface area contributed by atoms with Crippen molar-refractivity contribution in [3.63, 3.8) is 0 Å². The highest BCUT2D eigenvalue weighted by atomic mass is 79.9. The number of benzene rings is 2. The van der Waals surface area contributed by atoms with Crippen molar-refractivity contribution >= 4 is 33.2 Å². The first-order valence-corrected chi connectivity index (χ1v) is 7.69. The van der Waals surface area contributed by atoms with Gasteiger partial charge in [0.2, 0.25) is 0 Å². The molecule has 0 bridgehead atoms. The number of carbonyl (C=O) groups is 1. The Morgan fingerprint density at radius 2 is 1.82 bits per heavy atom. The first kappa shape index (κ1) is 16.4. The summed E-state index contributed by atoms with van der Waals surface area (Å²) in [6.45, 7) is 5.36. The minimum Gasteiger partial charge on any atom is -0.478 e. The van der Waals surface area contributed by atoms with Crippen molar-refractivity contribution in [2.24, 2.45) is 0 Å². The van der Waals surface area contributed by atoms with Crippen molar-refractivity contribution in [3.05, 3.63) is 52.5 Å². The number of anilines is 2. The van der Waals surface area contributed by atoms with E-state index in [1.807, 2.05) is 37.3 Å². The molecule has 2 aromatic rings. The van der Waals surface area contributed by atoms with Crippen LogP contribution in [0.2, 0.25) is 0 Å². The smallest absolute Gasteiger partial charge is 0.267 e. The van der Waals surface area contributed by atoms with E-state index in [-0.39, 0.29) is 5.91 Å². The zero-order valence-electron chi connectivity index (χ0n) is 12.8. The average molecular weight is 363 g/mol. The summed E-state index contributed by atoms with van der Waals surface area (Å²) >= 11 is 3.37. The van der Waals surface area contributed by atoms with E-state index in [2.05, 4.69) is 21.2 Å². The zero-order chi connectivity index (χ0) is 16.3. The van der Waals surface area contributed by atoms with Crippen molar-refractivity contribution < 1.29 is 9.53 Å². The molecule has 0 unspecified atom stereocenters. The van der Waals surface area contributed by atoms with E-state index >= 15 is 0 Å². The fourth-order valence-electron chi connectivity index (χ4n) is 1.94. The molecule has 0 heterocycles. The maximum absolute atomic E-state index is 12.5. The molecule has 0 spiro atoms. The van der Waals surface area contributed by atoms with Crippen LogP contribution in [0, 0.1) is 6.92 Å². The average Bonchev–Trinajstić information content (AvgIpc) is 2.44. The largest absolute Gasteiger partial charge is 0.478 e. The predicted octanol–water partition coefficient (Wildman–Crippen LogP) is 4.14. The number of nitrogen functional groups attached to an aromatic ring is 1. The molecule has 0 fully saturated rings. The number of ether oxygens (including phenoxy) is 1. The van der Waals surface area contributed by atoms with Crippen LogP contribution in [0.15, 0.2) is 46.9 Å². The minimum atomic E-state index is -0.998. The Morgan fingerprint density at radius 3 is 2.41 bits per heavy atom. The summed E-state index contributed by atoms with van der Waals surface area (Å²) in [4.78, 5) is 12.5. The van der Waals surface area contributed by atoms with Crippen molar-refractivity contribution in [2.75, 3.05) is 11.1 Å². The van der Waals surface area contributed by atoms with Gasteiger partial charge in [-0.05, 0) is 68.8 Å². The summed E-state index contributed by atoms with van der Waals surface area (Å²) in [5, 5.41) is 2.88. The molecule has 4 nitrogen and oxygen atoms in total. The molecule has 0 aliphatic rings. The van der Waals surface area contributed by atoms with Crippen LogP contribution in [0.1, 0.15) is 19.4 Å². The number of aryl methyl sites for hydroxylation is 1. The van der Waals surface area contributed by atoms with Crippen LogP contribution in [-0.2, 0) is 4.79 Å². The molecule has 2 rings (SSSR count). The SMILES string of the molecule is Cc1cc(N)ccc1NC(=O)C(C)(C)Oc1ccc(Br)cc1. The first-order chi connectivity index (χ1) is 10.3. The van der Waals surface area contributed by atoms with Gasteiger partial charge in [-0.2, -0.15) is 0 Å². The molecule has 0 saturated heterocycles. The molecule has 1 amide bonds. The molecule has 3 N–H and O–H groups in total. The third-order valence-electron chi connectivity index (χ3n) is 3.23. The fourth-order valence-corrected chi connectivity index (χ4v) is 2.21. The number of rotatable bonds is 4. The number of amides is 1. The van der Waals surface area contributed by atoms with Crippen molar-refractivity contribution in [1.82, 2.24) is 0 Å². The lowest BCUT2D eigenvalue weighted by Crippen LogP contribution is -2.42. The van der Waals surface area contributed by atoms with Crippen LogP contribution in [0.25, 0.3) is 0 Å². The highest BCUT2D eigenvalue weighted by Crippen LogP contribution is 2.24. The van der Waals surface area contributed by atoms with Gasteiger partial charge in [0, 0.05) is 15.8 Å². The van der Waals surface area contributed by atoms with Crippen LogP contribution in [0.3, 0.4) is 0 Å². The Hall–Kier alpha value is -2.01. The van der Waals surface area contributed by atoms with Gasteiger partial charge in [0.05, 0.1) is 0 Å². The van der Waals surface area contributed by atoms with Crippen LogP contribution in [0.5, 0.6) is 5.75 Å². The predicted molar refractivity (Wildman–Crippen MR) is 93.1 cm³/mol. The molecule has 5 heteroatoms. The Bertz CT molecular complexity index is 682. The standard InChI is InChI=1S/C17H19BrN2O2/c1-11-10-13(19)6-9-15(11)20-16(21)17(2,3)22-14-7-4-12(18)5-8-14/h4-10H,19H2,1-3H3,(H,20,21). The summed E-state index contributed by atoms with van der Waals surface area (Å²) in [6, 6.07) is 12.7. The molecule has 0 saturated carbocycles. The Labute approximate surface area is 138 Å².